The Morgan fingerprint density at radius 1 is 1.18 bits per heavy atom. The van der Waals surface area contributed by atoms with Crippen LogP contribution in [0.4, 0.5) is 11.4 Å². The molecule has 1 saturated heterocycles. The first-order valence-electron chi connectivity index (χ1n) is 7.75. The van der Waals surface area contributed by atoms with Crippen molar-refractivity contribution in [2.75, 3.05) is 23.3 Å². The van der Waals surface area contributed by atoms with Gasteiger partial charge in [0.05, 0.1) is 0 Å². The Bertz CT molecular complexity index is 634. The van der Waals surface area contributed by atoms with Crippen LogP contribution in [0.1, 0.15) is 18.4 Å². The molecule has 3 rings (SSSR count). The first-order chi connectivity index (χ1) is 10.7. The zero-order valence-corrected chi connectivity index (χ0v) is 12.8. The molecule has 0 saturated carbocycles. The average Bonchev–Trinajstić information content (AvgIpc) is 2.56. The minimum atomic E-state index is 0.0959. The van der Waals surface area contributed by atoms with Gasteiger partial charge in [-0.3, -0.25) is 9.78 Å². The van der Waals surface area contributed by atoms with Crippen LogP contribution in [-0.2, 0) is 4.79 Å². The maximum Gasteiger partial charge on any atom is 0.227 e. The van der Waals surface area contributed by atoms with Crippen LogP contribution in [0, 0.1) is 12.8 Å². The second-order valence-electron chi connectivity index (χ2n) is 5.83. The van der Waals surface area contributed by atoms with E-state index >= 15 is 0 Å². The molecule has 2 heterocycles. The highest BCUT2D eigenvalue weighted by Gasteiger charge is 2.25. The number of nitrogens with one attached hydrogen (secondary N) is 1. The van der Waals surface area contributed by atoms with Crippen molar-refractivity contribution in [2.24, 2.45) is 5.92 Å². The summed E-state index contributed by atoms with van der Waals surface area (Å²) in [6.07, 6.45) is 5.40. The molecule has 0 unspecified atom stereocenters. The van der Waals surface area contributed by atoms with Crippen molar-refractivity contribution in [1.29, 1.82) is 0 Å². The number of rotatable bonds is 3. The van der Waals surface area contributed by atoms with E-state index in [2.05, 4.69) is 15.2 Å². The van der Waals surface area contributed by atoms with Crippen LogP contribution in [0.3, 0.4) is 0 Å². The summed E-state index contributed by atoms with van der Waals surface area (Å²) >= 11 is 0. The molecule has 1 amide bonds. The number of nitrogens with zero attached hydrogens (tertiary/aromatic N) is 2. The molecule has 1 N–H and O–H groups in total. The quantitative estimate of drug-likeness (QED) is 0.945. The van der Waals surface area contributed by atoms with E-state index in [4.69, 9.17) is 0 Å². The van der Waals surface area contributed by atoms with Crippen LogP contribution in [0.2, 0.25) is 0 Å². The second kappa shape index (κ2) is 6.60. The molecule has 1 fully saturated rings. The van der Waals surface area contributed by atoms with Crippen LogP contribution in [0.25, 0.3) is 0 Å². The molecule has 22 heavy (non-hydrogen) atoms. The van der Waals surface area contributed by atoms with Crippen LogP contribution >= 0.6 is 0 Å². The largest absolute Gasteiger partial charge is 0.371 e. The number of hydrogen-bond donors (Lipinski definition) is 1. The third-order valence-electron chi connectivity index (χ3n) is 4.18. The van der Waals surface area contributed by atoms with Gasteiger partial charge in [0.2, 0.25) is 5.91 Å². The van der Waals surface area contributed by atoms with E-state index in [9.17, 15) is 4.79 Å². The number of aryl methyl sites for hydroxylation is 1. The van der Waals surface area contributed by atoms with E-state index in [0.29, 0.717) is 0 Å². The van der Waals surface area contributed by atoms with Gasteiger partial charge >= 0.3 is 0 Å². The van der Waals surface area contributed by atoms with E-state index in [0.717, 1.165) is 37.2 Å². The highest BCUT2D eigenvalue weighted by Crippen LogP contribution is 2.24. The summed E-state index contributed by atoms with van der Waals surface area (Å²) in [5.41, 5.74) is 3.24. The molecule has 0 spiro atoms. The van der Waals surface area contributed by atoms with Gasteiger partial charge in [0.1, 0.15) is 0 Å². The van der Waals surface area contributed by atoms with Gasteiger partial charge in [-0.2, -0.15) is 0 Å². The molecule has 4 heteroatoms. The molecule has 1 aromatic heterocycles. The molecular weight excluding hydrogens is 274 g/mol. The number of hydrogen-bond acceptors (Lipinski definition) is 3. The molecule has 1 aliphatic heterocycles. The topological polar surface area (TPSA) is 45.2 Å². The molecule has 1 aliphatic rings. The fourth-order valence-corrected chi connectivity index (χ4v) is 2.92. The Morgan fingerprint density at radius 2 is 1.91 bits per heavy atom. The predicted molar refractivity (Wildman–Crippen MR) is 89.0 cm³/mol. The van der Waals surface area contributed by atoms with E-state index in [-0.39, 0.29) is 11.8 Å². The molecule has 0 atom stereocenters. The van der Waals surface area contributed by atoms with Gasteiger partial charge < -0.3 is 10.2 Å². The molecule has 114 valence electrons. The van der Waals surface area contributed by atoms with Crippen molar-refractivity contribution in [1.82, 2.24) is 4.98 Å². The zero-order valence-electron chi connectivity index (χ0n) is 12.8. The van der Waals surface area contributed by atoms with Crippen LogP contribution in [0.15, 0.2) is 48.8 Å². The van der Waals surface area contributed by atoms with Crippen molar-refractivity contribution in [2.45, 2.75) is 19.8 Å². The SMILES string of the molecule is Cc1cccc(NC(=O)C2CCN(c3ccncc3)CC2)c1. The smallest absolute Gasteiger partial charge is 0.227 e. The molecule has 0 bridgehead atoms. The minimum Gasteiger partial charge on any atom is -0.371 e. The van der Waals surface area contributed by atoms with Gasteiger partial charge in [-0.05, 0) is 49.6 Å². The van der Waals surface area contributed by atoms with Crippen LogP contribution in [-0.4, -0.2) is 24.0 Å². The summed E-state index contributed by atoms with van der Waals surface area (Å²) in [6.45, 7) is 3.86. The van der Waals surface area contributed by atoms with Crippen molar-refractivity contribution >= 4 is 17.3 Å². The van der Waals surface area contributed by atoms with Crippen molar-refractivity contribution in [3.05, 3.63) is 54.4 Å². The summed E-state index contributed by atoms with van der Waals surface area (Å²) in [4.78, 5) is 18.7. The normalized spacial score (nSPS) is 15.6. The summed E-state index contributed by atoms with van der Waals surface area (Å²) in [6, 6.07) is 12.0. The molecule has 4 nitrogen and oxygen atoms in total. The Hall–Kier alpha value is -2.36. The Kier molecular flexibility index (Phi) is 4.37. The molecular formula is C18H21N3O. The Morgan fingerprint density at radius 3 is 2.59 bits per heavy atom. The van der Waals surface area contributed by atoms with E-state index in [1.54, 1.807) is 0 Å². The summed E-state index contributed by atoms with van der Waals surface area (Å²) in [5, 5.41) is 3.04. The van der Waals surface area contributed by atoms with E-state index in [1.807, 2.05) is 55.7 Å². The lowest BCUT2D eigenvalue weighted by Crippen LogP contribution is -2.38. The van der Waals surface area contributed by atoms with Crippen molar-refractivity contribution in [3.63, 3.8) is 0 Å². The highest BCUT2D eigenvalue weighted by molar-refractivity contribution is 5.92. The van der Waals surface area contributed by atoms with Gasteiger partial charge in [0.15, 0.2) is 0 Å². The summed E-state index contributed by atoms with van der Waals surface area (Å²) in [5.74, 6) is 0.235. The number of pyridine rings is 1. The summed E-state index contributed by atoms with van der Waals surface area (Å²) < 4.78 is 0. The van der Waals surface area contributed by atoms with Crippen LogP contribution in [0.5, 0.6) is 0 Å². The lowest BCUT2D eigenvalue weighted by atomic mass is 9.95. The van der Waals surface area contributed by atoms with Gasteiger partial charge in [0, 0.05) is 42.8 Å². The van der Waals surface area contributed by atoms with Crippen molar-refractivity contribution in [3.8, 4) is 0 Å². The lowest BCUT2D eigenvalue weighted by molar-refractivity contribution is -0.120. The first-order valence-corrected chi connectivity index (χ1v) is 7.75. The zero-order chi connectivity index (χ0) is 15.4. The van der Waals surface area contributed by atoms with Crippen molar-refractivity contribution < 1.29 is 4.79 Å². The molecule has 1 aromatic carbocycles. The van der Waals surface area contributed by atoms with E-state index < -0.39 is 0 Å². The number of carbonyl (C=O) groups excluding carboxylic acids is 1. The Balaban J connectivity index is 1.56. The fraction of sp³-hybridized carbons (Fsp3) is 0.333. The average molecular weight is 295 g/mol. The van der Waals surface area contributed by atoms with Gasteiger partial charge in [-0.25, -0.2) is 0 Å². The van der Waals surface area contributed by atoms with Gasteiger partial charge in [-0.1, -0.05) is 12.1 Å². The minimum absolute atomic E-state index is 0.0959. The lowest BCUT2D eigenvalue weighted by Gasteiger charge is -2.32. The number of carbonyl (C=O) groups is 1. The standard InChI is InChI=1S/C18H21N3O/c1-14-3-2-4-16(13-14)20-18(22)15-7-11-21(12-8-15)17-5-9-19-10-6-17/h2-6,9-10,13,15H,7-8,11-12H2,1H3,(H,20,22). The number of amides is 1. The third-order valence-corrected chi connectivity index (χ3v) is 4.18. The number of benzene rings is 1. The monoisotopic (exact) mass is 295 g/mol. The molecule has 2 aromatic rings. The van der Waals surface area contributed by atoms with Gasteiger partial charge in [0.25, 0.3) is 0 Å². The number of aromatic nitrogens is 1. The fourth-order valence-electron chi connectivity index (χ4n) is 2.92. The maximum absolute atomic E-state index is 12.4. The van der Waals surface area contributed by atoms with Crippen LogP contribution < -0.4 is 10.2 Å². The number of anilines is 2. The predicted octanol–water partition coefficient (Wildman–Crippen LogP) is 3.25. The highest BCUT2D eigenvalue weighted by atomic mass is 16.1. The van der Waals surface area contributed by atoms with E-state index in [1.165, 1.54) is 5.69 Å². The van der Waals surface area contributed by atoms with Gasteiger partial charge in [-0.15, -0.1) is 0 Å². The third kappa shape index (κ3) is 3.45. The summed E-state index contributed by atoms with van der Waals surface area (Å²) in [7, 11) is 0. The molecule has 0 aliphatic carbocycles. The molecule has 0 radical (unpaired) electrons. The number of piperidine rings is 1. The maximum atomic E-state index is 12.4. The first kappa shape index (κ1) is 14.6. The second-order valence-corrected chi connectivity index (χ2v) is 5.83. The Labute approximate surface area is 131 Å².